The molecule has 4 rings (SSSR count). The molecule has 0 saturated heterocycles. The zero-order valence-electron chi connectivity index (χ0n) is 11.5. The highest BCUT2D eigenvalue weighted by molar-refractivity contribution is 5.81. The molecular weight excluding hydrogens is 279 g/mol. The number of nitrogens with zero attached hydrogens (tertiary/aromatic N) is 4. The van der Waals surface area contributed by atoms with Gasteiger partial charge in [-0.2, -0.15) is 5.10 Å². The Morgan fingerprint density at radius 1 is 0.864 bits per heavy atom. The number of benzene rings is 1. The average Bonchev–Trinajstić information content (AvgIpc) is 2.99. The lowest BCUT2D eigenvalue weighted by Gasteiger charge is -2.04. The maximum atomic E-state index is 13.0. The van der Waals surface area contributed by atoms with Crippen molar-refractivity contribution in [3.8, 4) is 16.8 Å². The first-order valence-electron chi connectivity index (χ1n) is 6.81. The van der Waals surface area contributed by atoms with Gasteiger partial charge in [0.05, 0.1) is 11.9 Å². The van der Waals surface area contributed by atoms with Crippen LogP contribution >= 0.6 is 0 Å². The van der Waals surface area contributed by atoms with Crippen molar-refractivity contribution in [2.24, 2.45) is 0 Å². The van der Waals surface area contributed by atoms with E-state index in [1.807, 2.05) is 18.2 Å². The molecule has 4 nitrogen and oxygen atoms in total. The van der Waals surface area contributed by atoms with Crippen LogP contribution in [0.25, 0.3) is 27.8 Å². The van der Waals surface area contributed by atoms with Crippen molar-refractivity contribution in [3.63, 3.8) is 0 Å². The van der Waals surface area contributed by atoms with Crippen LogP contribution in [0.3, 0.4) is 0 Å². The van der Waals surface area contributed by atoms with E-state index in [0.717, 1.165) is 27.8 Å². The molecule has 0 saturated carbocycles. The van der Waals surface area contributed by atoms with Gasteiger partial charge in [0, 0.05) is 29.5 Å². The molecule has 1 aromatic carbocycles. The summed E-state index contributed by atoms with van der Waals surface area (Å²) >= 11 is 0. The highest BCUT2D eigenvalue weighted by Gasteiger charge is 2.08. The summed E-state index contributed by atoms with van der Waals surface area (Å²) in [6.45, 7) is 0. The largest absolute Gasteiger partial charge is 0.265 e. The lowest BCUT2D eigenvalue weighted by molar-refractivity contribution is 0.627. The fourth-order valence-corrected chi connectivity index (χ4v) is 2.39. The molecule has 106 valence electrons. The van der Waals surface area contributed by atoms with Crippen molar-refractivity contribution in [1.29, 1.82) is 0 Å². The molecule has 5 heteroatoms. The highest BCUT2D eigenvalue weighted by atomic mass is 19.1. The van der Waals surface area contributed by atoms with Crippen LogP contribution in [0.1, 0.15) is 0 Å². The van der Waals surface area contributed by atoms with Crippen LogP contribution in [0.5, 0.6) is 0 Å². The van der Waals surface area contributed by atoms with Crippen molar-refractivity contribution >= 4 is 11.0 Å². The standard InChI is InChI=1S/C17H11FN4/c18-15-1-3-16(4-2-15)22-17-14(11-21-22)9-13(10-20-17)12-5-7-19-8-6-12/h1-11H. The van der Waals surface area contributed by atoms with Gasteiger partial charge in [-0.3, -0.25) is 4.98 Å². The van der Waals surface area contributed by atoms with E-state index in [1.165, 1.54) is 12.1 Å². The van der Waals surface area contributed by atoms with E-state index in [2.05, 4.69) is 15.1 Å². The van der Waals surface area contributed by atoms with Gasteiger partial charge in [0.25, 0.3) is 0 Å². The summed E-state index contributed by atoms with van der Waals surface area (Å²) < 4.78 is 14.7. The number of aromatic nitrogens is 4. The van der Waals surface area contributed by atoms with Crippen LogP contribution in [0.2, 0.25) is 0 Å². The van der Waals surface area contributed by atoms with E-state index >= 15 is 0 Å². The van der Waals surface area contributed by atoms with E-state index in [4.69, 9.17) is 0 Å². The van der Waals surface area contributed by atoms with Gasteiger partial charge >= 0.3 is 0 Å². The lowest BCUT2D eigenvalue weighted by atomic mass is 10.1. The fourth-order valence-electron chi connectivity index (χ4n) is 2.39. The monoisotopic (exact) mass is 290 g/mol. The topological polar surface area (TPSA) is 43.6 Å². The number of halogens is 1. The maximum absolute atomic E-state index is 13.0. The number of rotatable bonds is 2. The van der Waals surface area contributed by atoms with Gasteiger partial charge in [-0.25, -0.2) is 14.1 Å². The summed E-state index contributed by atoms with van der Waals surface area (Å²) in [7, 11) is 0. The van der Waals surface area contributed by atoms with Gasteiger partial charge in [-0.15, -0.1) is 0 Å². The number of fused-ring (bicyclic) bond motifs is 1. The molecule has 3 heterocycles. The van der Waals surface area contributed by atoms with E-state index in [0.29, 0.717) is 0 Å². The summed E-state index contributed by atoms with van der Waals surface area (Å²) in [6.07, 6.45) is 7.07. The zero-order valence-corrected chi connectivity index (χ0v) is 11.5. The quantitative estimate of drug-likeness (QED) is 0.566. The van der Waals surface area contributed by atoms with Crippen LogP contribution in [0, 0.1) is 5.82 Å². The van der Waals surface area contributed by atoms with Crippen LogP contribution < -0.4 is 0 Å². The van der Waals surface area contributed by atoms with Crippen LogP contribution in [-0.2, 0) is 0 Å². The van der Waals surface area contributed by atoms with E-state index < -0.39 is 0 Å². The molecule has 0 atom stereocenters. The van der Waals surface area contributed by atoms with Gasteiger partial charge in [0.15, 0.2) is 5.65 Å². The summed E-state index contributed by atoms with van der Waals surface area (Å²) in [5.41, 5.74) is 3.58. The average molecular weight is 290 g/mol. The zero-order chi connectivity index (χ0) is 14.9. The smallest absolute Gasteiger partial charge is 0.162 e. The van der Waals surface area contributed by atoms with Gasteiger partial charge in [-0.05, 0) is 48.0 Å². The van der Waals surface area contributed by atoms with Crippen LogP contribution in [0.15, 0.2) is 67.3 Å². The van der Waals surface area contributed by atoms with Gasteiger partial charge in [0.1, 0.15) is 5.82 Å². The molecule has 0 radical (unpaired) electrons. The van der Waals surface area contributed by atoms with Gasteiger partial charge < -0.3 is 0 Å². The minimum atomic E-state index is -0.270. The second-order valence-corrected chi connectivity index (χ2v) is 4.91. The van der Waals surface area contributed by atoms with Gasteiger partial charge in [0.2, 0.25) is 0 Å². The molecule has 22 heavy (non-hydrogen) atoms. The Kier molecular flexibility index (Phi) is 2.89. The summed E-state index contributed by atoms with van der Waals surface area (Å²) in [5, 5.41) is 5.28. The van der Waals surface area contributed by atoms with Crippen LogP contribution in [-0.4, -0.2) is 19.7 Å². The number of pyridine rings is 2. The Hall–Kier alpha value is -3.08. The summed E-state index contributed by atoms with van der Waals surface area (Å²) in [5.74, 6) is -0.270. The van der Waals surface area contributed by atoms with Gasteiger partial charge in [-0.1, -0.05) is 0 Å². The first-order chi connectivity index (χ1) is 10.8. The Balaban J connectivity index is 1.82. The van der Waals surface area contributed by atoms with E-state index in [9.17, 15) is 4.39 Å². The summed E-state index contributed by atoms with van der Waals surface area (Å²) in [4.78, 5) is 8.52. The van der Waals surface area contributed by atoms with Crippen LogP contribution in [0.4, 0.5) is 4.39 Å². The van der Waals surface area contributed by atoms with Crippen molar-refractivity contribution in [2.75, 3.05) is 0 Å². The molecule has 0 bridgehead atoms. The SMILES string of the molecule is Fc1ccc(-n2ncc3cc(-c4ccncc4)cnc32)cc1. The molecule has 0 spiro atoms. The molecule has 0 aliphatic rings. The maximum Gasteiger partial charge on any atom is 0.162 e. The molecule has 0 N–H and O–H groups in total. The molecule has 0 aliphatic carbocycles. The second kappa shape index (κ2) is 5.04. The Labute approximate surface area is 125 Å². The highest BCUT2D eigenvalue weighted by Crippen LogP contribution is 2.23. The number of hydrogen-bond acceptors (Lipinski definition) is 3. The molecule has 0 amide bonds. The Morgan fingerprint density at radius 3 is 2.41 bits per heavy atom. The minimum absolute atomic E-state index is 0.270. The lowest BCUT2D eigenvalue weighted by Crippen LogP contribution is -1.97. The Bertz CT molecular complexity index is 930. The third-order valence-corrected chi connectivity index (χ3v) is 3.49. The predicted octanol–water partition coefficient (Wildman–Crippen LogP) is 3.62. The summed E-state index contributed by atoms with van der Waals surface area (Å²) in [6, 6.07) is 12.1. The van der Waals surface area contributed by atoms with Crippen molar-refractivity contribution < 1.29 is 4.39 Å². The second-order valence-electron chi connectivity index (χ2n) is 4.91. The molecular formula is C17H11FN4. The molecule has 0 unspecified atom stereocenters. The molecule has 0 fully saturated rings. The molecule has 0 aliphatic heterocycles. The third kappa shape index (κ3) is 2.13. The minimum Gasteiger partial charge on any atom is -0.265 e. The Morgan fingerprint density at radius 2 is 1.64 bits per heavy atom. The van der Waals surface area contributed by atoms with E-state index in [1.54, 1.807) is 41.6 Å². The first-order valence-corrected chi connectivity index (χ1v) is 6.81. The van der Waals surface area contributed by atoms with Crippen molar-refractivity contribution in [1.82, 2.24) is 19.7 Å². The first kappa shape index (κ1) is 12.6. The van der Waals surface area contributed by atoms with Crippen molar-refractivity contribution in [3.05, 3.63) is 73.1 Å². The van der Waals surface area contributed by atoms with E-state index in [-0.39, 0.29) is 5.82 Å². The molecule has 3 aromatic heterocycles. The number of hydrogen-bond donors (Lipinski definition) is 0. The van der Waals surface area contributed by atoms with Crippen molar-refractivity contribution in [2.45, 2.75) is 0 Å². The fraction of sp³-hybridized carbons (Fsp3) is 0. The normalized spacial score (nSPS) is 11.0. The molecule has 4 aromatic rings. The third-order valence-electron chi connectivity index (χ3n) is 3.49. The predicted molar refractivity (Wildman–Crippen MR) is 82.1 cm³/mol.